The summed E-state index contributed by atoms with van der Waals surface area (Å²) in [5.74, 6) is -1.54. The van der Waals surface area contributed by atoms with E-state index >= 15 is 0 Å². The van der Waals surface area contributed by atoms with Gasteiger partial charge in [0.1, 0.15) is 17.5 Å². The summed E-state index contributed by atoms with van der Waals surface area (Å²) in [7, 11) is 0. The predicted octanol–water partition coefficient (Wildman–Crippen LogP) is 6.14. The number of fused-ring (bicyclic) bond motifs is 3. The number of aromatic amines is 1. The van der Waals surface area contributed by atoms with Crippen LogP contribution in [0.1, 0.15) is 49.0 Å². The normalized spacial score (nSPS) is 19.4. The molecule has 0 saturated heterocycles. The van der Waals surface area contributed by atoms with Crippen molar-refractivity contribution >= 4 is 26.8 Å². The first-order valence-electron chi connectivity index (χ1n) is 9.18. The van der Waals surface area contributed by atoms with E-state index in [-0.39, 0.29) is 17.9 Å². The Labute approximate surface area is 164 Å². The highest BCUT2D eigenvalue weighted by molar-refractivity contribution is 9.10. The summed E-state index contributed by atoms with van der Waals surface area (Å²) in [5.41, 5.74) is 2.76. The van der Waals surface area contributed by atoms with Crippen molar-refractivity contribution in [1.82, 2.24) is 10.3 Å². The molecule has 2 N–H and O–H groups in total. The lowest BCUT2D eigenvalue weighted by atomic mass is 9.88. The highest BCUT2D eigenvalue weighted by Crippen LogP contribution is 2.37. The quantitative estimate of drug-likeness (QED) is 0.504. The van der Waals surface area contributed by atoms with Crippen molar-refractivity contribution in [2.24, 2.45) is 0 Å². The summed E-state index contributed by atoms with van der Waals surface area (Å²) in [6, 6.07) is 7.14. The van der Waals surface area contributed by atoms with Gasteiger partial charge >= 0.3 is 0 Å². The minimum atomic E-state index is -0.606. The summed E-state index contributed by atoms with van der Waals surface area (Å²) in [6.07, 6.45) is 3.77. The summed E-state index contributed by atoms with van der Waals surface area (Å²) >= 11 is 3.18. The van der Waals surface area contributed by atoms with Crippen molar-refractivity contribution in [2.45, 2.75) is 44.7 Å². The Bertz CT molecular complexity index is 999. The zero-order valence-electron chi connectivity index (χ0n) is 14.9. The summed E-state index contributed by atoms with van der Waals surface area (Å²) in [4.78, 5) is 3.13. The number of aromatic nitrogens is 1. The molecule has 4 rings (SSSR count). The molecule has 0 amide bonds. The van der Waals surface area contributed by atoms with E-state index < -0.39 is 11.6 Å². The minimum Gasteiger partial charge on any atom is -0.354 e. The maximum absolute atomic E-state index is 14.3. The molecule has 2 aromatic carbocycles. The average molecular weight is 437 g/mol. The van der Waals surface area contributed by atoms with Gasteiger partial charge in [0.05, 0.1) is 16.0 Å². The van der Waals surface area contributed by atoms with E-state index in [2.05, 4.69) is 33.2 Å². The van der Waals surface area contributed by atoms with Gasteiger partial charge in [0, 0.05) is 23.2 Å². The molecule has 0 radical (unpaired) electrons. The van der Waals surface area contributed by atoms with Crippen molar-refractivity contribution in [3.63, 3.8) is 0 Å². The lowest BCUT2D eigenvalue weighted by molar-refractivity contribution is 0.402. The first-order chi connectivity index (χ1) is 13.0. The van der Waals surface area contributed by atoms with Crippen LogP contribution in [-0.2, 0) is 6.42 Å². The molecule has 0 spiro atoms. The Hall–Kier alpha value is -1.79. The average Bonchev–Trinajstić information content (AvgIpc) is 3.01. The van der Waals surface area contributed by atoms with Gasteiger partial charge in [0.2, 0.25) is 0 Å². The summed E-state index contributed by atoms with van der Waals surface area (Å²) in [5, 5.41) is 4.15. The van der Waals surface area contributed by atoms with Crippen LogP contribution in [0.3, 0.4) is 0 Å². The first kappa shape index (κ1) is 18.6. The van der Waals surface area contributed by atoms with Crippen LogP contribution in [0, 0.1) is 17.5 Å². The molecule has 2 atom stereocenters. The molecule has 2 heterocycles. The van der Waals surface area contributed by atoms with Gasteiger partial charge in [-0.25, -0.2) is 13.2 Å². The second kappa shape index (κ2) is 7.32. The van der Waals surface area contributed by atoms with Gasteiger partial charge in [-0.05, 0) is 58.1 Å². The molecule has 2 nitrogen and oxygen atoms in total. The molecule has 0 unspecified atom stereocenters. The van der Waals surface area contributed by atoms with Gasteiger partial charge in [0.25, 0.3) is 0 Å². The predicted molar refractivity (Wildman–Crippen MR) is 104 cm³/mol. The van der Waals surface area contributed by atoms with Gasteiger partial charge < -0.3 is 10.3 Å². The molecule has 0 aliphatic carbocycles. The molecule has 27 heavy (non-hydrogen) atoms. The van der Waals surface area contributed by atoms with Crippen LogP contribution in [0.5, 0.6) is 0 Å². The Morgan fingerprint density at radius 2 is 1.93 bits per heavy atom. The van der Waals surface area contributed by atoms with Crippen LogP contribution in [0.15, 0.2) is 34.8 Å². The van der Waals surface area contributed by atoms with Gasteiger partial charge in [0.15, 0.2) is 0 Å². The van der Waals surface area contributed by atoms with E-state index in [1.54, 1.807) is 6.07 Å². The number of H-pyrrole nitrogens is 1. The van der Waals surface area contributed by atoms with Gasteiger partial charge in [-0.3, -0.25) is 0 Å². The SMILES string of the molecule is CCCC[C@H]1Cc2c([nH]c3c(F)cc(F)cc23)[C@H](c2ccc(Br)c(F)c2)N1. The molecular formula is C21H20BrF3N2. The van der Waals surface area contributed by atoms with Crippen molar-refractivity contribution in [3.05, 3.63) is 69.1 Å². The molecule has 0 fully saturated rings. The van der Waals surface area contributed by atoms with Crippen LogP contribution in [0.4, 0.5) is 13.2 Å². The number of hydrogen-bond donors (Lipinski definition) is 2. The fourth-order valence-corrected chi connectivity index (χ4v) is 4.22. The van der Waals surface area contributed by atoms with Crippen molar-refractivity contribution < 1.29 is 13.2 Å². The fourth-order valence-electron chi connectivity index (χ4n) is 3.98. The van der Waals surface area contributed by atoms with Crippen LogP contribution in [0.25, 0.3) is 10.9 Å². The molecule has 0 saturated carbocycles. The van der Waals surface area contributed by atoms with Crippen LogP contribution in [-0.4, -0.2) is 11.0 Å². The van der Waals surface area contributed by atoms with E-state index in [4.69, 9.17) is 0 Å². The lowest BCUT2D eigenvalue weighted by Crippen LogP contribution is -2.39. The number of hydrogen-bond acceptors (Lipinski definition) is 1. The standard InChI is InChI=1S/C21H20BrF3N2/c1-2-3-4-13-10-15-14-8-12(23)9-18(25)20(14)27-21(15)19(26-13)11-5-6-16(22)17(24)7-11/h5-9,13,19,26-27H,2-4,10H2,1H3/t13-,19-/m0/s1. The zero-order valence-corrected chi connectivity index (χ0v) is 16.5. The molecule has 142 valence electrons. The van der Waals surface area contributed by atoms with Gasteiger partial charge in [-0.15, -0.1) is 0 Å². The molecular weight excluding hydrogens is 417 g/mol. The first-order valence-corrected chi connectivity index (χ1v) is 9.97. The maximum Gasteiger partial charge on any atom is 0.150 e. The molecule has 0 bridgehead atoms. The van der Waals surface area contributed by atoms with Crippen LogP contribution in [0.2, 0.25) is 0 Å². The van der Waals surface area contributed by atoms with Crippen molar-refractivity contribution in [1.29, 1.82) is 0 Å². The van der Waals surface area contributed by atoms with E-state index in [9.17, 15) is 13.2 Å². The minimum absolute atomic E-state index is 0.166. The molecule has 1 aliphatic rings. The van der Waals surface area contributed by atoms with Crippen LogP contribution < -0.4 is 5.32 Å². The topological polar surface area (TPSA) is 27.8 Å². The number of nitrogens with one attached hydrogen (secondary N) is 2. The summed E-state index contributed by atoms with van der Waals surface area (Å²) in [6.45, 7) is 2.13. The monoisotopic (exact) mass is 436 g/mol. The second-order valence-electron chi connectivity index (χ2n) is 7.14. The second-order valence-corrected chi connectivity index (χ2v) is 8.00. The molecule has 1 aromatic heterocycles. The smallest absolute Gasteiger partial charge is 0.150 e. The molecule has 1 aliphatic heterocycles. The van der Waals surface area contributed by atoms with E-state index in [1.165, 1.54) is 12.1 Å². The Morgan fingerprint density at radius 1 is 1.11 bits per heavy atom. The van der Waals surface area contributed by atoms with E-state index in [0.29, 0.717) is 21.8 Å². The fraction of sp³-hybridized carbons (Fsp3) is 0.333. The van der Waals surface area contributed by atoms with Crippen molar-refractivity contribution in [3.8, 4) is 0 Å². The van der Waals surface area contributed by atoms with Crippen molar-refractivity contribution in [2.75, 3.05) is 0 Å². The third kappa shape index (κ3) is 3.41. The Balaban J connectivity index is 1.86. The highest BCUT2D eigenvalue weighted by atomic mass is 79.9. The van der Waals surface area contributed by atoms with Crippen LogP contribution >= 0.6 is 15.9 Å². The third-order valence-electron chi connectivity index (χ3n) is 5.29. The number of unbranched alkanes of at least 4 members (excludes halogenated alkanes) is 1. The van der Waals surface area contributed by atoms with E-state index in [1.807, 2.05) is 6.07 Å². The summed E-state index contributed by atoms with van der Waals surface area (Å²) < 4.78 is 42.7. The highest BCUT2D eigenvalue weighted by Gasteiger charge is 2.31. The largest absolute Gasteiger partial charge is 0.354 e. The number of benzene rings is 2. The number of halogens is 4. The maximum atomic E-state index is 14.3. The number of rotatable bonds is 4. The zero-order chi connectivity index (χ0) is 19.1. The molecule has 6 heteroatoms. The van der Waals surface area contributed by atoms with Gasteiger partial charge in [-0.2, -0.15) is 0 Å². The lowest BCUT2D eigenvalue weighted by Gasteiger charge is -2.32. The molecule has 3 aromatic rings. The Morgan fingerprint density at radius 3 is 2.67 bits per heavy atom. The van der Waals surface area contributed by atoms with E-state index in [0.717, 1.165) is 42.1 Å². The Kier molecular flexibility index (Phi) is 5.03. The van der Waals surface area contributed by atoms with Gasteiger partial charge in [-0.1, -0.05) is 25.8 Å². The third-order valence-corrected chi connectivity index (χ3v) is 5.93.